The van der Waals surface area contributed by atoms with Crippen molar-refractivity contribution in [3.8, 4) is 0 Å². The predicted octanol–water partition coefficient (Wildman–Crippen LogP) is 3.43. The second-order valence-corrected chi connectivity index (χ2v) is 5.55. The fourth-order valence-electron chi connectivity index (χ4n) is 4.07. The molecule has 2 aliphatic rings. The maximum absolute atomic E-state index is 2.47. The van der Waals surface area contributed by atoms with Gasteiger partial charge in [0.05, 0.1) is 0 Å². The van der Waals surface area contributed by atoms with Gasteiger partial charge >= 0.3 is 0 Å². The minimum absolute atomic E-state index is 0.905. The van der Waals surface area contributed by atoms with Crippen LogP contribution in [0.4, 0.5) is 0 Å². The number of hydrogen-bond donors (Lipinski definition) is 0. The molecule has 12 heavy (non-hydrogen) atoms. The predicted molar refractivity (Wildman–Crippen MR) is 52.8 cm³/mol. The highest BCUT2D eigenvalue weighted by molar-refractivity contribution is 5.09. The topological polar surface area (TPSA) is 0 Å². The van der Waals surface area contributed by atoms with Gasteiger partial charge < -0.3 is 0 Å². The van der Waals surface area contributed by atoms with Gasteiger partial charge in [-0.15, -0.1) is 0 Å². The first kappa shape index (κ1) is 8.59. The van der Waals surface area contributed by atoms with Crippen LogP contribution in [0.3, 0.4) is 0 Å². The summed E-state index contributed by atoms with van der Waals surface area (Å²) in [5.41, 5.74) is 0. The lowest BCUT2D eigenvalue weighted by molar-refractivity contribution is 0.215. The van der Waals surface area contributed by atoms with E-state index in [0.717, 1.165) is 41.4 Å². The maximum Gasteiger partial charge on any atom is -0.0318 e. The third-order valence-electron chi connectivity index (χ3n) is 4.78. The smallest absolute Gasteiger partial charge is 0.0318 e. The first-order chi connectivity index (χ1) is 5.55. The normalized spacial score (nSPS) is 57.5. The molecule has 0 aliphatic heterocycles. The van der Waals surface area contributed by atoms with Crippen LogP contribution in [0.1, 0.15) is 34.6 Å². The summed E-state index contributed by atoms with van der Waals surface area (Å²) in [5.74, 6) is 7.14. The van der Waals surface area contributed by atoms with Crippen LogP contribution in [0, 0.1) is 41.4 Å². The van der Waals surface area contributed by atoms with Crippen LogP contribution in [-0.4, -0.2) is 0 Å². The Morgan fingerprint density at radius 2 is 1.33 bits per heavy atom. The van der Waals surface area contributed by atoms with Crippen LogP contribution in [0.2, 0.25) is 0 Å². The molecule has 0 aromatic carbocycles. The van der Waals surface area contributed by atoms with E-state index in [2.05, 4.69) is 34.6 Å². The minimum atomic E-state index is 0.905. The van der Waals surface area contributed by atoms with E-state index >= 15 is 0 Å². The Hall–Kier alpha value is 0. The summed E-state index contributed by atoms with van der Waals surface area (Å²) in [5, 5.41) is 0. The summed E-state index contributed by atoms with van der Waals surface area (Å²) in [6, 6.07) is 0. The highest BCUT2D eigenvalue weighted by Gasteiger charge is 2.62. The SMILES string of the molecule is CC(C)C1C(C)C(C)C2C(C)C12. The molecule has 2 rings (SSSR count). The van der Waals surface area contributed by atoms with E-state index in [-0.39, 0.29) is 0 Å². The monoisotopic (exact) mass is 166 g/mol. The van der Waals surface area contributed by atoms with E-state index in [1.54, 1.807) is 0 Å². The van der Waals surface area contributed by atoms with E-state index in [9.17, 15) is 0 Å². The molecular weight excluding hydrogens is 144 g/mol. The summed E-state index contributed by atoms with van der Waals surface area (Å²) in [4.78, 5) is 0. The molecule has 0 heterocycles. The molecule has 6 unspecified atom stereocenters. The first-order valence-electron chi connectivity index (χ1n) is 5.55. The van der Waals surface area contributed by atoms with Gasteiger partial charge in [-0.2, -0.15) is 0 Å². The van der Waals surface area contributed by atoms with Crippen molar-refractivity contribution in [2.24, 2.45) is 41.4 Å². The van der Waals surface area contributed by atoms with Crippen LogP contribution in [-0.2, 0) is 0 Å². The standard InChI is InChI=1S/C12H22/c1-6(2)10-7(3)8(4)11-9(5)12(10)11/h6-12H,1-5H3. The second kappa shape index (κ2) is 2.49. The molecule has 0 heteroatoms. The van der Waals surface area contributed by atoms with Crippen LogP contribution in [0.25, 0.3) is 0 Å². The molecule has 0 nitrogen and oxygen atoms in total. The molecule has 0 amide bonds. The van der Waals surface area contributed by atoms with Crippen molar-refractivity contribution in [3.63, 3.8) is 0 Å². The van der Waals surface area contributed by atoms with Gasteiger partial charge in [0.2, 0.25) is 0 Å². The van der Waals surface area contributed by atoms with Crippen LogP contribution >= 0.6 is 0 Å². The summed E-state index contributed by atoms with van der Waals surface area (Å²) >= 11 is 0. The molecule has 0 N–H and O–H groups in total. The minimum Gasteiger partial charge on any atom is -0.0625 e. The molecule has 6 atom stereocenters. The van der Waals surface area contributed by atoms with Crippen molar-refractivity contribution in [2.75, 3.05) is 0 Å². The number of hydrogen-bond acceptors (Lipinski definition) is 0. The average molecular weight is 166 g/mol. The molecule has 2 aliphatic carbocycles. The molecule has 0 spiro atoms. The third kappa shape index (κ3) is 0.900. The van der Waals surface area contributed by atoms with Crippen LogP contribution < -0.4 is 0 Å². The Kier molecular flexibility index (Phi) is 1.79. The number of rotatable bonds is 1. The van der Waals surface area contributed by atoms with Crippen LogP contribution in [0.5, 0.6) is 0 Å². The van der Waals surface area contributed by atoms with Gasteiger partial charge in [-0.05, 0) is 41.4 Å². The lowest BCUT2D eigenvalue weighted by atomic mass is 9.78. The highest BCUT2D eigenvalue weighted by atomic mass is 14.7. The highest BCUT2D eigenvalue weighted by Crippen LogP contribution is 2.66. The fraction of sp³-hybridized carbons (Fsp3) is 1.00. The molecule has 0 aromatic rings. The fourth-order valence-corrected chi connectivity index (χ4v) is 4.07. The van der Waals surface area contributed by atoms with E-state index in [1.807, 2.05) is 0 Å². The molecule has 0 bridgehead atoms. The van der Waals surface area contributed by atoms with Crippen LogP contribution in [0.15, 0.2) is 0 Å². The molecule has 2 fully saturated rings. The zero-order chi connectivity index (χ0) is 9.04. The van der Waals surface area contributed by atoms with E-state index in [4.69, 9.17) is 0 Å². The molecule has 0 aromatic heterocycles. The molecule has 0 saturated heterocycles. The largest absolute Gasteiger partial charge is 0.0625 e. The number of fused-ring (bicyclic) bond motifs is 1. The Bertz CT molecular complexity index is 182. The summed E-state index contributed by atoms with van der Waals surface area (Å²) in [6.07, 6.45) is 0. The van der Waals surface area contributed by atoms with Crippen molar-refractivity contribution in [2.45, 2.75) is 34.6 Å². The lowest BCUT2D eigenvalue weighted by Crippen LogP contribution is -2.21. The Morgan fingerprint density at radius 3 is 1.67 bits per heavy atom. The van der Waals surface area contributed by atoms with E-state index in [0.29, 0.717) is 0 Å². The Labute approximate surface area is 76.7 Å². The van der Waals surface area contributed by atoms with Crippen molar-refractivity contribution in [3.05, 3.63) is 0 Å². The zero-order valence-corrected chi connectivity index (χ0v) is 9.04. The summed E-state index contributed by atoms with van der Waals surface area (Å²) in [7, 11) is 0. The van der Waals surface area contributed by atoms with Crippen molar-refractivity contribution in [1.29, 1.82) is 0 Å². The van der Waals surface area contributed by atoms with E-state index < -0.39 is 0 Å². The molecule has 2 saturated carbocycles. The first-order valence-corrected chi connectivity index (χ1v) is 5.55. The van der Waals surface area contributed by atoms with E-state index in [1.165, 1.54) is 0 Å². The van der Waals surface area contributed by atoms with Gasteiger partial charge in [0.1, 0.15) is 0 Å². The average Bonchev–Trinajstić information content (AvgIpc) is 2.50. The summed E-state index contributed by atoms with van der Waals surface area (Å²) < 4.78 is 0. The summed E-state index contributed by atoms with van der Waals surface area (Å²) in [6.45, 7) is 12.2. The third-order valence-corrected chi connectivity index (χ3v) is 4.78. The molecular formula is C12H22. The van der Waals surface area contributed by atoms with Gasteiger partial charge in [0.15, 0.2) is 0 Å². The quantitative estimate of drug-likeness (QED) is 0.560. The van der Waals surface area contributed by atoms with Crippen molar-refractivity contribution >= 4 is 0 Å². The van der Waals surface area contributed by atoms with Crippen molar-refractivity contribution < 1.29 is 0 Å². The van der Waals surface area contributed by atoms with Crippen molar-refractivity contribution in [1.82, 2.24) is 0 Å². The maximum atomic E-state index is 2.47. The van der Waals surface area contributed by atoms with Gasteiger partial charge in [-0.1, -0.05) is 34.6 Å². The zero-order valence-electron chi connectivity index (χ0n) is 9.04. The lowest BCUT2D eigenvalue weighted by Gasteiger charge is -2.27. The molecule has 70 valence electrons. The van der Waals surface area contributed by atoms with Gasteiger partial charge in [-0.3, -0.25) is 0 Å². The Balaban J connectivity index is 2.14. The second-order valence-electron chi connectivity index (χ2n) is 5.55. The Morgan fingerprint density at radius 1 is 0.750 bits per heavy atom. The van der Waals surface area contributed by atoms with Gasteiger partial charge in [0.25, 0.3) is 0 Å². The van der Waals surface area contributed by atoms with Gasteiger partial charge in [0, 0.05) is 0 Å². The molecule has 0 radical (unpaired) electrons. The van der Waals surface area contributed by atoms with Gasteiger partial charge in [-0.25, -0.2) is 0 Å².